The van der Waals surface area contributed by atoms with E-state index in [4.69, 9.17) is 0 Å². The molecule has 0 aliphatic carbocycles. The van der Waals surface area contributed by atoms with E-state index in [0.717, 1.165) is 11.3 Å². The van der Waals surface area contributed by atoms with Gasteiger partial charge in [-0.25, -0.2) is 4.57 Å². The maximum atomic E-state index is 11.3. The van der Waals surface area contributed by atoms with Gasteiger partial charge < -0.3 is 0 Å². The highest BCUT2D eigenvalue weighted by molar-refractivity contribution is 5.93. The molecule has 0 spiro atoms. The average molecular weight is 226 g/mol. The Balaban J connectivity index is 2.55. The molecule has 0 amide bonds. The summed E-state index contributed by atoms with van der Waals surface area (Å²) in [5.74, 6) is 0.0944. The predicted octanol–water partition coefficient (Wildman–Crippen LogP) is 2.69. The number of aryl methyl sites for hydroxylation is 2. The maximum Gasteiger partial charge on any atom is 0.212 e. The van der Waals surface area contributed by atoms with Gasteiger partial charge in [-0.05, 0) is 31.5 Å². The van der Waals surface area contributed by atoms with Crippen LogP contribution in [0.5, 0.6) is 0 Å². The van der Waals surface area contributed by atoms with Gasteiger partial charge >= 0.3 is 0 Å². The molecule has 0 N–H and O–H groups in total. The van der Waals surface area contributed by atoms with Gasteiger partial charge in [0.15, 0.2) is 12.0 Å². The van der Waals surface area contributed by atoms with Crippen LogP contribution in [-0.4, -0.2) is 5.78 Å². The lowest BCUT2D eigenvalue weighted by Gasteiger charge is -2.04. The third-order valence-electron chi connectivity index (χ3n) is 2.96. The first-order valence-electron chi connectivity index (χ1n) is 5.66. The normalized spacial score (nSPS) is 10.3. The van der Waals surface area contributed by atoms with E-state index >= 15 is 0 Å². The van der Waals surface area contributed by atoms with Crippen LogP contribution in [0, 0.1) is 6.92 Å². The second-order valence-electron chi connectivity index (χ2n) is 4.29. The molecular weight excluding hydrogens is 210 g/mol. The number of rotatable bonds is 2. The molecule has 0 radical (unpaired) electrons. The largest absolute Gasteiger partial charge is 0.294 e. The van der Waals surface area contributed by atoms with Crippen molar-refractivity contribution in [2.75, 3.05) is 0 Å². The quantitative estimate of drug-likeness (QED) is 0.569. The zero-order chi connectivity index (χ0) is 12.4. The van der Waals surface area contributed by atoms with Crippen LogP contribution in [0.3, 0.4) is 0 Å². The first kappa shape index (κ1) is 11.5. The number of ketones is 1. The zero-order valence-corrected chi connectivity index (χ0v) is 10.4. The highest BCUT2D eigenvalue weighted by atomic mass is 16.1. The molecular formula is C15H16NO+. The number of Topliss-reactive ketones (excluding diaryl/α,β-unsaturated/α-hetero) is 1. The van der Waals surface area contributed by atoms with Crippen molar-refractivity contribution in [1.82, 2.24) is 0 Å². The Labute approximate surface area is 102 Å². The van der Waals surface area contributed by atoms with Crippen molar-refractivity contribution in [3.8, 4) is 11.3 Å². The Hall–Kier alpha value is -1.96. The second-order valence-corrected chi connectivity index (χ2v) is 4.29. The fourth-order valence-electron chi connectivity index (χ4n) is 1.96. The third kappa shape index (κ3) is 2.26. The smallest absolute Gasteiger partial charge is 0.212 e. The summed E-state index contributed by atoms with van der Waals surface area (Å²) in [7, 11) is 1.97. The molecule has 0 aliphatic heterocycles. The first-order valence-corrected chi connectivity index (χ1v) is 5.66. The van der Waals surface area contributed by atoms with Crippen molar-refractivity contribution in [2.24, 2.45) is 7.05 Å². The Morgan fingerprint density at radius 2 is 1.82 bits per heavy atom. The van der Waals surface area contributed by atoms with Gasteiger partial charge in [-0.1, -0.05) is 18.2 Å². The number of pyridine rings is 1. The van der Waals surface area contributed by atoms with Crippen molar-refractivity contribution >= 4 is 5.78 Å². The number of carbonyl (C=O) groups is 1. The van der Waals surface area contributed by atoms with Gasteiger partial charge in [-0.2, -0.15) is 0 Å². The van der Waals surface area contributed by atoms with Crippen molar-refractivity contribution in [2.45, 2.75) is 13.8 Å². The number of nitrogens with zero attached hydrogens (tertiary/aromatic N) is 1. The lowest BCUT2D eigenvalue weighted by Crippen LogP contribution is -2.31. The molecule has 17 heavy (non-hydrogen) atoms. The topological polar surface area (TPSA) is 20.9 Å². The minimum absolute atomic E-state index is 0.0944. The van der Waals surface area contributed by atoms with E-state index in [0.29, 0.717) is 0 Å². The number of hydrogen-bond acceptors (Lipinski definition) is 1. The van der Waals surface area contributed by atoms with Gasteiger partial charge in [0.05, 0.1) is 5.56 Å². The zero-order valence-electron chi connectivity index (χ0n) is 10.4. The third-order valence-corrected chi connectivity index (χ3v) is 2.96. The monoisotopic (exact) mass is 226 g/mol. The molecule has 0 bridgehead atoms. The minimum atomic E-state index is 0.0944. The average Bonchev–Trinajstić information content (AvgIpc) is 2.30. The Morgan fingerprint density at radius 1 is 1.12 bits per heavy atom. The van der Waals surface area contributed by atoms with Crippen molar-refractivity contribution in [3.63, 3.8) is 0 Å². The van der Waals surface area contributed by atoms with E-state index in [-0.39, 0.29) is 5.78 Å². The number of carbonyl (C=O) groups excluding carboxylic acids is 1. The fraction of sp³-hybridized carbons (Fsp3) is 0.200. The maximum absolute atomic E-state index is 11.3. The van der Waals surface area contributed by atoms with Crippen LogP contribution in [0.15, 0.2) is 42.6 Å². The van der Waals surface area contributed by atoms with Crippen molar-refractivity contribution in [3.05, 3.63) is 53.7 Å². The number of hydrogen-bond donors (Lipinski definition) is 0. The minimum Gasteiger partial charge on any atom is -0.294 e. The molecule has 1 heterocycles. The van der Waals surface area contributed by atoms with E-state index in [1.807, 2.05) is 42.1 Å². The van der Waals surface area contributed by atoms with E-state index in [2.05, 4.69) is 19.1 Å². The Morgan fingerprint density at radius 3 is 2.41 bits per heavy atom. The highest BCUT2D eigenvalue weighted by Crippen LogP contribution is 2.19. The predicted molar refractivity (Wildman–Crippen MR) is 67.8 cm³/mol. The molecule has 1 aromatic carbocycles. The summed E-state index contributed by atoms with van der Waals surface area (Å²) in [5.41, 5.74) is 4.29. The number of benzene rings is 1. The van der Waals surface area contributed by atoms with Crippen LogP contribution in [0.2, 0.25) is 0 Å². The molecule has 0 atom stereocenters. The van der Waals surface area contributed by atoms with Gasteiger partial charge in [-0.3, -0.25) is 4.79 Å². The van der Waals surface area contributed by atoms with E-state index in [1.165, 1.54) is 11.1 Å². The summed E-state index contributed by atoms with van der Waals surface area (Å²) < 4.78 is 2.00. The summed E-state index contributed by atoms with van der Waals surface area (Å²) >= 11 is 0. The molecule has 2 aromatic rings. The van der Waals surface area contributed by atoms with Crippen molar-refractivity contribution < 1.29 is 9.36 Å². The standard InChI is InChI=1S/C15H16NO/c1-11-6-4-5-7-14(11)15-9-8-13(12(2)17)10-16(15)3/h4-10H,1-3H3/q+1. The Bertz CT molecular complexity index is 573. The molecule has 0 saturated carbocycles. The molecule has 2 nitrogen and oxygen atoms in total. The molecule has 0 unspecified atom stereocenters. The van der Waals surface area contributed by atoms with Gasteiger partial charge in [0.2, 0.25) is 5.69 Å². The van der Waals surface area contributed by atoms with Crippen LogP contribution in [0.1, 0.15) is 22.8 Å². The molecule has 0 aliphatic rings. The molecule has 2 heteroatoms. The highest BCUT2D eigenvalue weighted by Gasteiger charge is 2.13. The van der Waals surface area contributed by atoms with Gasteiger partial charge in [0.25, 0.3) is 0 Å². The molecule has 1 aromatic heterocycles. The molecule has 0 saturated heterocycles. The van der Waals surface area contributed by atoms with E-state index in [1.54, 1.807) is 6.92 Å². The van der Waals surface area contributed by atoms with Gasteiger partial charge in [-0.15, -0.1) is 0 Å². The summed E-state index contributed by atoms with van der Waals surface area (Å²) in [5, 5.41) is 0. The Kier molecular flexibility index (Phi) is 3.05. The van der Waals surface area contributed by atoms with Crippen LogP contribution in [-0.2, 0) is 7.05 Å². The summed E-state index contributed by atoms with van der Waals surface area (Å²) in [6.07, 6.45) is 1.88. The van der Waals surface area contributed by atoms with Crippen LogP contribution in [0.25, 0.3) is 11.3 Å². The lowest BCUT2D eigenvalue weighted by molar-refractivity contribution is -0.660. The lowest BCUT2D eigenvalue weighted by atomic mass is 10.0. The van der Waals surface area contributed by atoms with Crippen LogP contribution >= 0.6 is 0 Å². The molecule has 2 rings (SSSR count). The summed E-state index contributed by atoms with van der Waals surface area (Å²) in [6, 6.07) is 12.1. The van der Waals surface area contributed by atoms with Crippen molar-refractivity contribution in [1.29, 1.82) is 0 Å². The van der Waals surface area contributed by atoms with Crippen LogP contribution < -0.4 is 4.57 Å². The fourth-order valence-corrected chi connectivity index (χ4v) is 1.96. The molecule has 0 fully saturated rings. The second kappa shape index (κ2) is 4.50. The van der Waals surface area contributed by atoms with Crippen LogP contribution in [0.4, 0.5) is 0 Å². The van der Waals surface area contributed by atoms with Gasteiger partial charge in [0, 0.05) is 11.6 Å². The summed E-state index contributed by atoms with van der Waals surface area (Å²) in [4.78, 5) is 11.3. The first-order chi connectivity index (χ1) is 8.09. The van der Waals surface area contributed by atoms with E-state index in [9.17, 15) is 4.79 Å². The summed E-state index contributed by atoms with van der Waals surface area (Å²) in [6.45, 7) is 3.68. The SMILES string of the molecule is CC(=O)c1ccc(-c2ccccc2C)[n+](C)c1. The van der Waals surface area contributed by atoms with E-state index < -0.39 is 0 Å². The molecule has 86 valence electrons. The van der Waals surface area contributed by atoms with Gasteiger partial charge in [0.1, 0.15) is 7.05 Å². The number of aromatic nitrogens is 1.